The molecule has 0 aromatic carbocycles. The maximum atomic E-state index is 7.74. The van der Waals surface area contributed by atoms with Crippen LogP contribution in [0.3, 0.4) is 0 Å². The van der Waals surface area contributed by atoms with E-state index in [0.29, 0.717) is 51.2 Å². The van der Waals surface area contributed by atoms with E-state index >= 15 is 0 Å². The van der Waals surface area contributed by atoms with Crippen LogP contribution in [-0.2, 0) is 7.05 Å². The molecule has 0 bridgehead atoms. The molecule has 1 fully saturated rings. The van der Waals surface area contributed by atoms with Crippen molar-refractivity contribution in [3.63, 3.8) is 0 Å². The predicted molar refractivity (Wildman–Crippen MR) is 136 cm³/mol. The summed E-state index contributed by atoms with van der Waals surface area (Å²) < 4.78 is 7.71. The molecule has 5 rings (SSSR count). The molecule has 0 unspecified atom stereocenters. The number of pyridine rings is 1. The number of nitrogens with zero attached hydrogens (tertiary/aromatic N) is 6. The van der Waals surface area contributed by atoms with E-state index < -0.39 is 0 Å². The lowest BCUT2D eigenvalue weighted by atomic mass is 9.95. The van der Waals surface area contributed by atoms with Gasteiger partial charge in [-0.25, -0.2) is 15.0 Å². The Morgan fingerprint density at radius 3 is 2.63 bits per heavy atom. The molecule has 0 spiro atoms. The first-order valence-electron chi connectivity index (χ1n) is 11.5. The Bertz CT molecular complexity index is 1380. The number of aromatic nitrogens is 5. The lowest BCUT2D eigenvalue weighted by molar-refractivity contribution is -0.528. The molecule has 1 saturated carbocycles. The average Bonchev–Trinajstić information content (AvgIpc) is 3.48. The molecule has 10 nitrogen and oxygen atoms in total. The minimum absolute atomic E-state index is 0.309. The van der Waals surface area contributed by atoms with Gasteiger partial charge < -0.3 is 14.7 Å². The quantitative estimate of drug-likeness (QED) is 0.354. The lowest BCUT2D eigenvalue weighted by Crippen LogP contribution is -2.77. The van der Waals surface area contributed by atoms with Crippen molar-refractivity contribution in [2.75, 3.05) is 5.32 Å². The molecule has 0 saturated heterocycles. The van der Waals surface area contributed by atoms with Gasteiger partial charge in [0.1, 0.15) is 16.7 Å². The van der Waals surface area contributed by atoms with Gasteiger partial charge in [0.2, 0.25) is 17.7 Å². The number of quaternary nitrogens is 1. The highest BCUT2D eigenvalue weighted by atomic mass is 35.5. The van der Waals surface area contributed by atoms with Gasteiger partial charge in [-0.1, -0.05) is 24.4 Å². The molecule has 0 atom stereocenters. The van der Waals surface area contributed by atoms with Crippen LogP contribution in [-0.4, -0.2) is 36.9 Å². The number of hydrogen-bond donors (Lipinski definition) is 3. The number of anilines is 2. The third kappa shape index (κ3) is 4.42. The van der Waals surface area contributed by atoms with Gasteiger partial charge in [-0.05, 0) is 38.2 Å². The number of fused-ring (bicyclic) bond motifs is 1. The van der Waals surface area contributed by atoms with Gasteiger partial charge in [0.15, 0.2) is 17.1 Å². The molecule has 4 heterocycles. The highest BCUT2D eigenvalue weighted by Crippen LogP contribution is 2.37. The zero-order valence-corrected chi connectivity index (χ0v) is 20.6. The minimum Gasteiger partial charge on any atom is -0.446 e. The zero-order valence-electron chi connectivity index (χ0n) is 19.8. The number of rotatable bonds is 6. The number of aryl methyl sites for hydroxylation is 3. The van der Waals surface area contributed by atoms with Gasteiger partial charge in [0.05, 0.1) is 24.8 Å². The van der Waals surface area contributed by atoms with Crippen molar-refractivity contribution in [3.05, 3.63) is 52.0 Å². The summed E-state index contributed by atoms with van der Waals surface area (Å²) in [5, 5.41) is 13.1. The lowest BCUT2D eigenvalue weighted by Gasteiger charge is -2.16. The van der Waals surface area contributed by atoms with Gasteiger partial charge in [-0.2, -0.15) is 4.98 Å². The second-order valence-corrected chi connectivity index (χ2v) is 9.07. The summed E-state index contributed by atoms with van der Waals surface area (Å²) in [6.07, 6.45) is 12.6. The van der Waals surface area contributed by atoms with Crippen LogP contribution in [0.25, 0.3) is 11.2 Å². The van der Waals surface area contributed by atoms with E-state index in [1.807, 2.05) is 20.9 Å². The standard InChI is InChI=1S/C24H26ClN9O/c1-13-19(15-6-4-5-7-15)14(2)31-23(30-13)33-24-32-22-21(34(24)3)20(25)18(12-29-22)35-17(10-26)16-11-27-8-9-28-16/h8-12,15,26,28H,4-7H2,1-3H3,(H,29,30,31,32,33)/p+1/b17-16+,26-10?. The van der Waals surface area contributed by atoms with Crippen LogP contribution in [0.2, 0.25) is 5.02 Å². The van der Waals surface area contributed by atoms with Crippen molar-refractivity contribution >= 4 is 47.1 Å². The van der Waals surface area contributed by atoms with Gasteiger partial charge in [-0.15, -0.1) is 0 Å². The number of hydrogen-bond acceptors (Lipinski definition) is 8. The zero-order chi connectivity index (χ0) is 24.5. The molecule has 180 valence electrons. The topological polar surface area (TPSA) is 131 Å². The first kappa shape index (κ1) is 23.1. The third-order valence-corrected chi connectivity index (χ3v) is 6.78. The summed E-state index contributed by atoms with van der Waals surface area (Å²) in [7, 11) is 1.84. The van der Waals surface area contributed by atoms with E-state index in [9.17, 15) is 0 Å². The van der Waals surface area contributed by atoms with Crippen molar-refractivity contribution in [2.24, 2.45) is 12.0 Å². The van der Waals surface area contributed by atoms with Crippen molar-refractivity contribution in [1.29, 1.82) is 5.41 Å². The van der Waals surface area contributed by atoms with Gasteiger partial charge in [-0.3, -0.25) is 15.6 Å². The van der Waals surface area contributed by atoms with Crippen LogP contribution in [0.4, 0.5) is 11.9 Å². The van der Waals surface area contributed by atoms with Crippen LogP contribution in [0.15, 0.2) is 35.0 Å². The van der Waals surface area contributed by atoms with Crippen molar-refractivity contribution in [3.8, 4) is 5.75 Å². The second kappa shape index (κ2) is 9.55. The summed E-state index contributed by atoms with van der Waals surface area (Å²) in [5.41, 5.74) is 5.00. The fourth-order valence-electron chi connectivity index (χ4n) is 4.78. The van der Waals surface area contributed by atoms with E-state index in [1.165, 1.54) is 37.4 Å². The third-order valence-electron chi connectivity index (χ3n) is 6.42. The van der Waals surface area contributed by atoms with Crippen molar-refractivity contribution in [2.45, 2.75) is 45.4 Å². The molecule has 3 aromatic heterocycles. The highest BCUT2D eigenvalue weighted by Gasteiger charge is 2.24. The predicted octanol–water partition coefficient (Wildman–Crippen LogP) is 3.79. The Kier molecular flexibility index (Phi) is 6.31. The first-order chi connectivity index (χ1) is 17.0. The normalized spacial score (nSPS) is 17.3. The van der Waals surface area contributed by atoms with Crippen LogP contribution in [0, 0.1) is 19.3 Å². The number of nitrogens with two attached hydrogens (primary N) is 1. The molecule has 0 amide bonds. The van der Waals surface area contributed by atoms with E-state index in [4.69, 9.17) is 31.7 Å². The van der Waals surface area contributed by atoms with E-state index in [-0.39, 0.29) is 0 Å². The molecule has 4 N–H and O–H groups in total. The maximum absolute atomic E-state index is 7.74. The van der Waals surface area contributed by atoms with E-state index in [1.54, 1.807) is 28.5 Å². The first-order valence-corrected chi connectivity index (χ1v) is 11.9. The largest absolute Gasteiger partial charge is 0.446 e. The number of ether oxygens (including phenoxy) is 1. The summed E-state index contributed by atoms with van der Waals surface area (Å²) in [6.45, 7) is 4.09. The van der Waals surface area contributed by atoms with Crippen molar-refractivity contribution < 1.29 is 10.1 Å². The number of allylic oxidation sites excluding steroid dienone is 2. The van der Waals surface area contributed by atoms with Crippen LogP contribution in [0.1, 0.15) is 48.6 Å². The smallest absolute Gasteiger partial charge is 0.229 e. The summed E-state index contributed by atoms with van der Waals surface area (Å²) in [4.78, 5) is 22.5. The van der Waals surface area contributed by atoms with Crippen LogP contribution in [0.5, 0.6) is 5.75 Å². The Balaban J connectivity index is 1.45. The number of imidazole rings is 1. The molecular formula is C24H27ClN9O+. The number of nitrogens with one attached hydrogen (secondary N) is 2. The molecule has 2 aliphatic rings. The highest BCUT2D eigenvalue weighted by molar-refractivity contribution is 6.36. The molecule has 3 aromatic rings. The summed E-state index contributed by atoms with van der Waals surface area (Å²) >= 11 is 6.71. The Labute approximate surface area is 207 Å². The molecule has 0 radical (unpaired) electrons. The Hall–Kier alpha value is -3.63. The van der Waals surface area contributed by atoms with Gasteiger partial charge >= 0.3 is 0 Å². The van der Waals surface area contributed by atoms with Gasteiger partial charge in [0.25, 0.3) is 0 Å². The number of aliphatic imine (C=N–C) groups is 1. The van der Waals surface area contributed by atoms with Crippen LogP contribution < -0.4 is 15.4 Å². The van der Waals surface area contributed by atoms with E-state index in [2.05, 4.69) is 20.3 Å². The summed E-state index contributed by atoms with van der Waals surface area (Å²) in [5.74, 6) is 2.19. The Morgan fingerprint density at radius 1 is 1.23 bits per heavy atom. The summed E-state index contributed by atoms with van der Waals surface area (Å²) in [6, 6.07) is 0. The monoisotopic (exact) mass is 492 g/mol. The maximum Gasteiger partial charge on any atom is 0.229 e. The second-order valence-electron chi connectivity index (χ2n) is 8.69. The van der Waals surface area contributed by atoms with E-state index in [0.717, 1.165) is 17.6 Å². The molecule has 35 heavy (non-hydrogen) atoms. The molecule has 11 heteroatoms. The Morgan fingerprint density at radius 2 is 1.97 bits per heavy atom. The SMILES string of the molecule is Cc1nc(Nc2nc3ncc(O/C(C=N)=C4\C=NC=C[NH2+]4)c(Cl)c3n2C)nc(C)c1C1CCCC1. The molecule has 1 aliphatic carbocycles. The molecular weight excluding hydrogens is 466 g/mol. The average molecular weight is 493 g/mol. The van der Waals surface area contributed by atoms with Crippen LogP contribution >= 0.6 is 11.6 Å². The fraction of sp³-hybridized carbons (Fsp3) is 0.333. The van der Waals surface area contributed by atoms with Gasteiger partial charge in [0, 0.05) is 18.4 Å². The molecule has 1 aliphatic heterocycles. The minimum atomic E-state index is 0.309. The number of halogens is 1. The fourth-order valence-corrected chi connectivity index (χ4v) is 5.08. The van der Waals surface area contributed by atoms with Crippen molar-refractivity contribution in [1.82, 2.24) is 24.5 Å².